The fourth-order valence-electron chi connectivity index (χ4n) is 2.92. The number of carbonyl (C=O) groups excluding carboxylic acids is 1. The van der Waals surface area contributed by atoms with Crippen LogP contribution in [0.5, 0.6) is 5.75 Å². The molecule has 0 atom stereocenters. The fourth-order valence-corrected chi connectivity index (χ4v) is 3.97. The summed E-state index contributed by atoms with van der Waals surface area (Å²) in [7, 11) is -2.04. The third-order valence-corrected chi connectivity index (χ3v) is 5.90. The van der Waals surface area contributed by atoms with E-state index in [4.69, 9.17) is 4.74 Å². The highest BCUT2D eigenvalue weighted by atomic mass is 32.2. The van der Waals surface area contributed by atoms with Gasteiger partial charge in [0.05, 0.1) is 11.5 Å². The number of benzene rings is 2. The van der Waals surface area contributed by atoms with Gasteiger partial charge in [-0.1, -0.05) is 19.8 Å². The van der Waals surface area contributed by atoms with Crippen molar-refractivity contribution < 1.29 is 17.9 Å². The molecule has 1 aliphatic heterocycles. The van der Waals surface area contributed by atoms with Crippen LogP contribution >= 0.6 is 0 Å². The summed E-state index contributed by atoms with van der Waals surface area (Å²) >= 11 is 0. The van der Waals surface area contributed by atoms with Crippen molar-refractivity contribution in [2.45, 2.75) is 37.6 Å². The molecule has 2 amide bonds. The number of anilines is 2. The topological polar surface area (TPSA) is 87.7 Å². The van der Waals surface area contributed by atoms with Crippen molar-refractivity contribution in [1.29, 1.82) is 0 Å². The lowest BCUT2D eigenvalue weighted by atomic mass is 10.1. The zero-order chi connectivity index (χ0) is 20.1. The van der Waals surface area contributed by atoms with Crippen LogP contribution in [0.2, 0.25) is 0 Å². The van der Waals surface area contributed by atoms with Crippen molar-refractivity contribution >= 4 is 27.4 Å². The van der Waals surface area contributed by atoms with Crippen LogP contribution in [0, 0.1) is 0 Å². The lowest BCUT2D eigenvalue weighted by molar-refractivity contribution is 0.218. The fraction of sp³-hybridized carbons (Fsp3) is 0.350. The number of urea groups is 1. The Kier molecular flexibility index (Phi) is 6.08. The van der Waals surface area contributed by atoms with E-state index in [1.807, 2.05) is 0 Å². The first-order chi connectivity index (χ1) is 13.4. The van der Waals surface area contributed by atoms with Crippen molar-refractivity contribution in [2.75, 3.05) is 23.7 Å². The van der Waals surface area contributed by atoms with Crippen molar-refractivity contribution in [3.8, 4) is 5.75 Å². The molecule has 3 rings (SSSR count). The second kappa shape index (κ2) is 8.52. The van der Waals surface area contributed by atoms with Gasteiger partial charge in [-0.05, 0) is 54.4 Å². The Morgan fingerprint density at radius 2 is 1.89 bits per heavy atom. The minimum Gasteiger partial charge on any atom is -0.494 e. The van der Waals surface area contributed by atoms with Gasteiger partial charge < -0.3 is 15.0 Å². The minimum absolute atomic E-state index is 0.163. The molecule has 0 radical (unpaired) electrons. The predicted octanol–water partition coefficient (Wildman–Crippen LogP) is 4.03. The first kappa shape index (κ1) is 20.0. The van der Waals surface area contributed by atoms with Gasteiger partial charge in [-0.25, -0.2) is 13.2 Å². The third kappa shape index (κ3) is 4.75. The first-order valence-corrected chi connectivity index (χ1v) is 10.8. The molecule has 2 aromatic rings. The van der Waals surface area contributed by atoms with Crippen molar-refractivity contribution in [3.05, 3.63) is 48.0 Å². The van der Waals surface area contributed by atoms with Crippen LogP contribution in [-0.4, -0.2) is 33.0 Å². The molecular formula is C20H25N3O4S. The second-order valence-corrected chi connectivity index (χ2v) is 8.47. The Balaban J connectivity index is 1.68. The summed E-state index contributed by atoms with van der Waals surface area (Å²) in [5.41, 5.74) is 1.98. The largest absolute Gasteiger partial charge is 0.494 e. The molecule has 0 aliphatic carbocycles. The van der Waals surface area contributed by atoms with Gasteiger partial charge in [-0.2, -0.15) is 0 Å². The molecule has 28 heavy (non-hydrogen) atoms. The number of unbranched alkanes of at least 4 members (excludes halogenated alkanes) is 2. The zero-order valence-corrected chi connectivity index (χ0v) is 16.9. The Bertz CT molecular complexity index is 942. The quantitative estimate of drug-likeness (QED) is 0.651. The van der Waals surface area contributed by atoms with Crippen LogP contribution in [0.25, 0.3) is 0 Å². The molecule has 0 unspecified atom stereocenters. The van der Waals surface area contributed by atoms with Gasteiger partial charge in [-0.15, -0.1) is 0 Å². The maximum absolute atomic E-state index is 12.7. The van der Waals surface area contributed by atoms with E-state index in [1.165, 1.54) is 17.0 Å². The second-order valence-electron chi connectivity index (χ2n) is 6.79. The molecule has 150 valence electrons. The monoisotopic (exact) mass is 403 g/mol. The number of amides is 2. The highest BCUT2D eigenvalue weighted by Crippen LogP contribution is 2.27. The molecule has 0 aromatic heterocycles. The van der Waals surface area contributed by atoms with E-state index < -0.39 is 10.0 Å². The van der Waals surface area contributed by atoms with E-state index in [9.17, 15) is 13.2 Å². The molecular weight excluding hydrogens is 378 g/mol. The summed E-state index contributed by atoms with van der Waals surface area (Å²) in [5, 5.41) is 2.76. The summed E-state index contributed by atoms with van der Waals surface area (Å²) < 4.78 is 33.5. The van der Waals surface area contributed by atoms with Crippen LogP contribution in [0.1, 0.15) is 31.7 Å². The average molecular weight is 404 g/mol. The molecule has 0 bridgehead atoms. The van der Waals surface area contributed by atoms with E-state index in [0.29, 0.717) is 30.3 Å². The van der Waals surface area contributed by atoms with Gasteiger partial charge >= 0.3 is 6.03 Å². The number of nitrogens with zero attached hydrogens (tertiary/aromatic N) is 1. The van der Waals surface area contributed by atoms with Crippen LogP contribution in [0.4, 0.5) is 16.2 Å². The zero-order valence-electron chi connectivity index (χ0n) is 16.1. The summed E-state index contributed by atoms with van der Waals surface area (Å²) in [6.07, 6.45) is 3.21. The Morgan fingerprint density at radius 1 is 1.14 bits per heavy atom. The average Bonchev–Trinajstić information content (AvgIpc) is 2.66. The van der Waals surface area contributed by atoms with Crippen molar-refractivity contribution in [1.82, 2.24) is 4.90 Å². The number of fused-ring (bicyclic) bond motifs is 1. The highest BCUT2D eigenvalue weighted by molar-refractivity contribution is 7.92. The lowest BCUT2D eigenvalue weighted by Crippen LogP contribution is -2.35. The summed E-state index contributed by atoms with van der Waals surface area (Å²) in [4.78, 5) is 13.4. The lowest BCUT2D eigenvalue weighted by Gasteiger charge is -2.26. The number of hydrogen-bond acceptors (Lipinski definition) is 4. The van der Waals surface area contributed by atoms with E-state index in [2.05, 4.69) is 17.0 Å². The van der Waals surface area contributed by atoms with Crippen LogP contribution < -0.4 is 14.8 Å². The summed E-state index contributed by atoms with van der Waals surface area (Å²) in [5.74, 6) is 0.655. The normalized spacial score (nSPS) is 13.6. The van der Waals surface area contributed by atoms with E-state index >= 15 is 0 Å². The number of ether oxygens (including phenoxy) is 1. The minimum atomic E-state index is -3.72. The summed E-state index contributed by atoms with van der Waals surface area (Å²) in [6.45, 7) is 3.17. The molecule has 0 fully saturated rings. The van der Waals surface area contributed by atoms with Crippen molar-refractivity contribution in [3.63, 3.8) is 0 Å². The molecule has 1 heterocycles. The number of hydrogen-bond donors (Lipinski definition) is 2. The molecule has 0 saturated heterocycles. The van der Waals surface area contributed by atoms with Gasteiger partial charge in [0.25, 0.3) is 10.0 Å². The standard InChI is InChI=1S/C20H25N3O4S/c1-3-4-5-12-27-17-7-9-18(10-8-17)28(25,26)22-16-6-11-19-15(13-16)14-23(2)20(24)21-19/h6-11,13,22H,3-5,12,14H2,1-2H3,(H,21,24). The van der Waals surface area contributed by atoms with Gasteiger partial charge in [0.2, 0.25) is 0 Å². The van der Waals surface area contributed by atoms with Crippen molar-refractivity contribution in [2.24, 2.45) is 0 Å². The Labute approximate surface area is 165 Å². The van der Waals surface area contributed by atoms with Gasteiger partial charge in [0, 0.05) is 25.0 Å². The molecule has 8 heteroatoms. The van der Waals surface area contributed by atoms with E-state index in [0.717, 1.165) is 24.8 Å². The number of sulfonamides is 1. The van der Waals surface area contributed by atoms with E-state index in [1.54, 1.807) is 37.4 Å². The SMILES string of the molecule is CCCCCOc1ccc(S(=O)(=O)Nc2ccc3c(c2)CN(C)C(=O)N3)cc1. The number of nitrogens with one attached hydrogen (secondary N) is 2. The molecule has 2 aromatic carbocycles. The molecule has 7 nitrogen and oxygen atoms in total. The molecule has 0 saturated carbocycles. The number of carbonyl (C=O) groups is 1. The maximum atomic E-state index is 12.7. The van der Waals surface area contributed by atoms with Crippen LogP contribution in [0.15, 0.2) is 47.4 Å². The third-order valence-electron chi connectivity index (χ3n) is 4.50. The number of rotatable bonds is 8. The smallest absolute Gasteiger partial charge is 0.321 e. The molecule has 1 aliphatic rings. The van der Waals surface area contributed by atoms with Gasteiger partial charge in [0.15, 0.2) is 0 Å². The Morgan fingerprint density at radius 3 is 2.61 bits per heavy atom. The molecule has 2 N–H and O–H groups in total. The van der Waals surface area contributed by atoms with Gasteiger partial charge in [0.1, 0.15) is 5.75 Å². The highest BCUT2D eigenvalue weighted by Gasteiger charge is 2.21. The Hall–Kier alpha value is -2.74. The van der Waals surface area contributed by atoms with Crippen LogP contribution in [0.3, 0.4) is 0 Å². The molecule has 0 spiro atoms. The maximum Gasteiger partial charge on any atom is 0.321 e. The predicted molar refractivity (Wildman–Crippen MR) is 109 cm³/mol. The van der Waals surface area contributed by atoms with Gasteiger partial charge in [-0.3, -0.25) is 4.72 Å². The van der Waals surface area contributed by atoms with Crippen LogP contribution in [-0.2, 0) is 16.6 Å². The summed E-state index contributed by atoms with van der Waals surface area (Å²) in [6, 6.07) is 11.3. The first-order valence-electron chi connectivity index (χ1n) is 9.30. The van der Waals surface area contributed by atoms with E-state index in [-0.39, 0.29) is 10.9 Å².